The van der Waals surface area contributed by atoms with Crippen molar-refractivity contribution in [3.05, 3.63) is 66.1 Å². The van der Waals surface area contributed by atoms with Gasteiger partial charge in [-0.1, -0.05) is 29.4 Å². The van der Waals surface area contributed by atoms with Crippen LogP contribution in [0.25, 0.3) is 11.3 Å². The Morgan fingerprint density at radius 1 is 1.19 bits per heavy atom. The molecule has 26 heavy (non-hydrogen) atoms. The zero-order chi connectivity index (χ0) is 18.4. The molecule has 3 rings (SSSR count). The Balaban J connectivity index is 1.53. The molecular formula is C19H17FN2O4. The summed E-state index contributed by atoms with van der Waals surface area (Å²) in [5.41, 5.74) is 1.37. The second kappa shape index (κ2) is 8.15. The fourth-order valence-corrected chi connectivity index (χ4v) is 2.25. The molecule has 0 unspecified atom stereocenters. The highest BCUT2D eigenvalue weighted by Gasteiger charge is 2.10. The summed E-state index contributed by atoms with van der Waals surface area (Å²) in [4.78, 5) is 11.8. The maximum absolute atomic E-state index is 13.4. The number of rotatable bonds is 7. The summed E-state index contributed by atoms with van der Waals surface area (Å²) < 4.78 is 29.0. The number of para-hydroxylation sites is 1. The maximum atomic E-state index is 13.4. The van der Waals surface area contributed by atoms with E-state index in [0.717, 1.165) is 5.56 Å². The summed E-state index contributed by atoms with van der Waals surface area (Å²) in [6, 6.07) is 15.0. The number of nitrogens with one attached hydrogen (secondary N) is 1. The molecule has 7 heteroatoms. The average Bonchev–Trinajstić information content (AvgIpc) is 3.15. The molecule has 6 nitrogen and oxygen atoms in total. The van der Waals surface area contributed by atoms with E-state index >= 15 is 0 Å². The first kappa shape index (κ1) is 17.5. The van der Waals surface area contributed by atoms with Gasteiger partial charge >= 0.3 is 0 Å². The van der Waals surface area contributed by atoms with Crippen LogP contribution in [-0.2, 0) is 11.3 Å². The summed E-state index contributed by atoms with van der Waals surface area (Å²) in [6.45, 7) is -0.117. The maximum Gasteiger partial charge on any atom is 0.258 e. The first-order valence-corrected chi connectivity index (χ1v) is 7.90. The molecule has 0 aliphatic rings. The molecule has 0 saturated heterocycles. The molecule has 0 fully saturated rings. The van der Waals surface area contributed by atoms with E-state index < -0.39 is 5.82 Å². The fourth-order valence-electron chi connectivity index (χ4n) is 2.25. The van der Waals surface area contributed by atoms with Crippen LogP contribution in [0.4, 0.5) is 4.39 Å². The third-order valence-corrected chi connectivity index (χ3v) is 3.58. The van der Waals surface area contributed by atoms with Gasteiger partial charge < -0.3 is 19.3 Å². The first-order valence-electron chi connectivity index (χ1n) is 7.90. The van der Waals surface area contributed by atoms with Crippen LogP contribution in [0.1, 0.15) is 5.69 Å². The number of nitrogens with zero attached hydrogens (tertiary/aromatic N) is 1. The van der Waals surface area contributed by atoms with Gasteiger partial charge in [-0.2, -0.15) is 0 Å². The first-order chi connectivity index (χ1) is 12.7. The summed E-state index contributed by atoms with van der Waals surface area (Å²) in [5.74, 6) is 0.401. The van der Waals surface area contributed by atoms with Crippen molar-refractivity contribution in [1.29, 1.82) is 0 Å². The molecule has 1 heterocycles. The fraction of sp³-hybridized carbons (Fsp3) is 0.158. The molecule has 0 aliphatic carbocycles. The molecule has 0 bridgehead atoms. The number of amides is 1. The number of hydrogen-bond donors (Lipinski definition) is 1. The topological polar surface area (TPSA) is 73.6 Å². The molecule has 3 aromatic rings. The van der Waals surface area contributed by atoms with E-state index in [1.165, 1.54) is 12.1 Å². The molecule has 0 saturated carbocycles. The summed E-state index contributed by atoms with van der Waals surface area (Å²) >= 11 is 0. The Bertz CT molecular complexity index is 895. The van der Waals surface area contributed by atoms with Gasteiger partial charge in [0.1, 0.15) is 11.4 Å². The van der Waals surface area contributed by atoms with Gasteiger partial charge in [0.05, 0.1) is 13.7 Å². The second-order valence-corrected chi connectivity index (χ2v) is 5.41. The standard InChI is InChI=1S/C19H17FN2O4/c1-24-15-6-4-5-13(9-15)18-10-14(22-26-18)11-21-19(23)12-25-17-8-3-2-7-16(17)20/h2-10H,11-12H2,1H3,(H,21,23). The van der Waals surface area contributed by atoms with Crippen LogP contribution in [0.5, 0.6) is 11.5 Å². The number of hydrogen-bond acceptors (Lipinski definition) is 5. The van der Waals surface area contributed by atoms with Crippen molar-refractivity contribution < 1.29 is 23.2 Å². The van der Waals surface area contributed by atoms with Crippen LogP contribution in [-0.4, -0.2) is 24.8 Å². The molecule has 0 spiro atoms. The van der Waals surface area contributed by atoms with Gasteiger partial charge in [0, 0.05) is 11.6 Å². The third kappa shape index (κ3) is 4.38. The molecular weight excluding hydrogens is 339 g/mol. The highest BCUT2D eigenvalue weighted by molar-refractivity contribution is 5.77. The van der Waals surface area contributed by atoms with E-state index in [9.17, 15) is 9.18 Å². The Hall–Kier alpha value is -3.35. The minimum Gasteiger partial charge on any atom is -0.497 e. The summed E-state index contributed by atoms with van der Waals surface area (Å²) in [6.07, 6.45) is 0. The molecule has 0 radical (unpaired) electrons. The largest absolute Gasteiger partial charge is 0.497 e. The van der Waals surface area contributed by atoms with Gasteiger partial charge in [-0.15, -0.1) is 0 Å². The van der Waals surface area contributed by atoms with Crippen LogP contribution in [0.2, 0.25) is 0 Å². The van der Waals surface area contributed by atoms with Crippen molar-refractivity contribution in [3.63, 3.8) is 0 Å². The normalized spacial score (nSPS) is 10.4. The lowest BCUT2D eigenvalue weighted by atomic mass is 10.1. The quantitative estimate of drug-likeness (QED) is 0.704. The lowest BCUT2D eigenvalue weighted by Gasteiger charge is -2.06. The van der Waals surface area contributed by atoms with E-state index in [0.29, 0.717) is 17.2 Å². The van der Waals surface area contributed by atoms with E-state index in [4.69, 9.17) is 14.0 Å². The van der Waals surface area contributed by atoms with Crippen molar-refractivity contribution in [2.24, 2.45) is 0 Å². The second-order valence-electron chi connectivity index (χ2n) is 5.41. The van der Waals surface area contributed by atoms with Gasteiger partial charge in [0.25, 0.3) is 5.91 Å². The lowest BCUT2D eigenvalue weighted by molar-refractivity contribution is -0.123. The molecule has 2 aromatic carbocycles. The molecule has 1 N–H and O–H groups in total. The van der Waals surface area contributed by atoms with Gasteiger partial charge in [-0.25, -0.2) is 4.39 Å². The Kier molecular flexibility index (Phi) is 5.48. The molecule has 0 aliphatic heterocycles. The van der Waals surface area contributed by atoms with Gasteiger partial charge in [0.2, 0.25) is 0 Å². The van der Waals surface area contributed by atoms with Crippen LogP contribution in [0.3, 0.4) is 0 Å². The predicted molar refractivity (Wildman–Crippen MR) is 92.2 cm³/mol. The molecule has 134 valence electrons. The smallest absolute Gasteiger partial charge is 0.258 e. The minimum absolute atomic E-state index is 0.0318. The third-order valence-electron chi connectivity index (χ3n) is 3.58. The number of methoxy groups -OCH3 is 1. The number of carbonyl (C=O) groups is 1. The van der Waals surface area contributed by atoms with Crippen LogP contribution in [0, 0.1) is 5.82 Å². The van der Waals surface area contributed by atoms with Crippen molar-refractivity contribution in [2.45, 2.75) is 6.54 Å². The average molecular weight is 356 g/mol. The van der Waals surface area contributed by atoms with Gasteiger partial charge in [-0.05, 0) is 24.3 Å². The molecule has 1 amide bonds. The van der Waals surface area contributed by atoms with Crippen molar-refractivity contribution in [1.82, 2.24) is 10.5 Å². The zero-order valence-corrected chi connectivity index (χ0v) is 14.1. The number of carbonyl (C=O) groups excluding carboxylic acids is 1. The van der Waals surface area contributed by atoms with Gasteiger partial charge in [0.15, 0.2) is 23.9 Å². The number of benzene rings is 2. The summed E-state index contributed by atoms with van der Waals surface area (Å²) in [7, 11) is 1.59. The number of aromatic nitrogens is 1. The predicted octanol–water partition coefficient (Wildman–Crippen LogP) is 3.18. The van der Waals surface area contributed by atoms with Crippen molar-refractivity contribution in [2.75, 3.05) is 13.7 Å². The highest BCUT2D eigenvalue weighted by atomic mass is 19.1. The lowest BCUT2D eigenvalue weighted by Crippen LogP contribution is -2.28. The Morgan fingerprint density at radius 3 is 2.85 bits per heavy atom. The van der Waals surface area contributed by atoms with E-state index in [1.807, 2.05) is 24.3 Å². The Labute approximate surface area is 149 Å². The van der Waals surface area contributed by atoms with Crippen LogP contribution in [0.15, 0.2) is 59.1 Å². The van der Waals surface area contributed by atoms with Crippen LogP contribution < -0.4 is 14.8 Å². The number of ether oxygens (including phenoxy) is 2. The van der Waals surface area contributed by atoms with E-state index in [-0.39, 0.29) is 24.8 Å². The van der Waals surface area contributed by atoms with E-state index in [2.05, 4.69) is 10.5 Å². The van der Waals surface area contributed by atoms with Crippen LogP contribution >= 0.6 is 0 Å². The van der Waals surface area contributed by atoms with E-state index in [1.54, 1.807) is 25.3 Å². The monoisotopic (exact) mass is 356 g/mol. The number of halogens is 1. The highest BCUT2D eigenvalue weighted by Crippen LogP contribution is 2.24. The zero-order valence-electron chi connectivity index (χ0n) is 14.1. The minimum atomic E-state index is -0.514. The molecule has 1 aromatic heterocycles. The van der Waals surface area contributed by atoms with Gasteiger partial charge in [-0.3, -0.25) is 4.79 Å². The van der Waals surface area contributed by atoms with Crippen molar-refractivity contribution in [3.8, 4) is 22.8 Å². The van der Waals surface area contributed by atoms with Crippen molar-refractivity contribution >= 4 is 5.91 Å². The molecule has 0 atom stereocenters. The summed E-state index contributed by atoms with van der Waals surface area (Å²) in [5, 5.41) is 6.56. The Morgan fingerprint density at radius 2 is 2.04 bits per heavy atom. The SMILES string of the molecule is COc1cccc(-c2cc(CNC(=O)COc3ccccc3F)no2)c1.